The number of carbonyl (C=O) groups excluding carboxylic acids is 1. The molecule has 6 rings (SSSR count). The van der Waals surface area contributed by atoms with Crippen LogP contribution in [0.3, 0.4) is 0 Å². The van der Waals surface area contributed by atoms with E-state index in [1.807, 2.05) is 49.2 Å². The van der Waals surface area contributed by atoms with E-state index >= 15 is 0 Å². The molecule has 0 saturated heterocycles. The molecule has 0 heterocycles. The highest BCUT2D eigenvalue weighted by molar-refractivity contribution is 8.02. The van der Waals surface area contributed by atoms with E-state index in [-0.39, 0.29) is 17.4 Å². The molecule has 342 valence electrons. The van der Waals surface area contributed by atoms with Crippen LogP contribution in [0.2, 0.25) is 0 Å². The van der Waals surface area contributed by atoms with Gasteiger partial charge in [-0.1, -0.05) is 182 Å². The third kappa shape index (κ3) is 13.2. The van der Waals surface area contributed by atoms with Gasteiger partial charge in [-0.2, -0.15) is 0 Å². The van der Waals surface area contributed by atoms with E-state index in [0.29, 0.717) is 19.6 Å². The van der Waals surface area contributed by atoms with Crippen molar-refractivity contribution < 1.29 is 14.6 Å². The molecule has 7 heteroatoms. The molecule has 5 nitrogen and oxygen atoms in total. The Morgan fingerprint density at radius 1 is 0.446 bits per heavy atom. The maximum atomic E-state index is 14.5. The van der Waals surface area contributed by atoms with Crippen LogP contribution in [-0.4, -0.2) is 75.4 Å². The number of hydrogen-bond donors (Lipinski definition) is 1. The highest BCUT2D eigenvalue weighted by atomic mass is 32.2. The Balaban J connectivity index is 1.34. The first-order valence-corrected chi connectivity index (χ1v) is 24.9. The lowest BCUT2D eigenvalue weighted by Gasteiger charge is -2.44. The lowest BCUT2D eigenvalue weighted by atomic mass is 9.84. The molecule has 0 unspecified atom stereocenters. The second-order valence-corrected chi connectivity index (χ2v) is 23.1. The van der Waals surface area contributed by atoms with Crippen molar-refractivity contribution in [2.45, 2.75) is 92.3 Å². The Morgan fingerprint density at radius 2 is 0.769 bits per heavy atom. The zero-order valence-corrected chi connectivity index (χ0v) is 41.3. The first-order chi connectivity index (χ1) is 31.2. The fourth-order valence-electron chi connectivity index (χ4n) is 9.00. The van der Waals surface area contributed by atoms with Gasteiger partial charge in [0.05, 0.1) is 9.49 Å². The molecule has 1 N–H and O–H groups in total. The Bertz CT molecular complexity index is 2110. The number of benzene rings is 6. The van der Waals surface area contributed by atoms with Crippen molar-refractivity contribution in [1.29, 1.82) is 0 Å². The Hall–Kier alpha value is -4.79. The number of ether oxygens (including phenoxy) is 1. The van der Waals surface area contributed by atoms with Crippen LogP contribution < -0.4 is 0 Å². The van der Waals surface area contributed by atoms with Crippen molar-refractivity contribution >= 4 is 29.6 Å². The number of amides is 1. The first-order valence-electron chi connectivity index (χ1n) is 23.2. The van der Waals surface area contributed by atoms with Crippen LogP contribution in [0.25, 0.3) is 0 Å². The molecule has 65 heavy (non-hydrogen) atoms. The maximum absolute atomic E-state index is 14.5. The van der Waals surface area contributed by atoms with E-state index in [1.165, 1.54) is 33.4 Å². The minimum absolute atomic E-state index is 0.185. The van der Waals surface area contributed by atoms with Gasteiger partial charge >= 0.3 is 6.09 Å². The molecule has 0 aliphatic heterocycles. The molecule has 0 aliphatic carbocycles. The quantitative estimate of drug-likeness (QED) is 0.0541. The number of thioether (sulfide) groups is 2. The van der Waals surface area contributed by atoms with Gasteiger partial charge in [0.25, 0.3) is 0 Å². The summed E-state index contributed by atoms with van der Waals surface area (Å²) in [4.78, 5) is 19.0. The smallest absolute Gasteiger partial charge is 0.410 e. The topological polar surface area (TPSA) is 53.0 Å². The Morgan fingerprint density at radius 3 is 1.08 bits per heavy atom. The van der Waals surface area contributed by atoms with Gasteiger partial charge in [0.1, 0.15) is 5.60 Å². The lowest BCUT2D eigenvalue weighted by molar-refractivity contribution is 0.0217. The van der Waals surface area contributed by atoms with Crippen molar-refractivity contribution in [1.82, 2.24) is 9.80 Å². The molecule has 0 aliphatic rings. The zero-order valence-electron chi connectivity index (χ0n) is 39.7. The van der Waals surface area contributed by atoms with Crippen LogP contribution in [0, 0.1) is 0 Å². The van der Waals surface area contributed by atoms with Crippen LogP contribution >= 0.6 is 23.5 Å². The van der Waals surface area contributed by atoms with Gasteiger partial charge in [-0.05, 0) is 108 Å². The Kier molecular flexibility index (Phi) is 17.3. The predicted octanol–water partition coefficient (Wildman–Crippen LogP) is 13.7. The first kappa shape index (κ1) is 49.6. The summed E-state index contributed by atoms with van der Waals surface area (Å²) in [5, 5.41) is 9.73. The van der Waals surface area contributed by atoms with Gasteiger partial charge in [0.2, 0.25) is 0 Å². The van der Waals surface area contributed by atoms with Gasteiger partial charge in [-0.15, -0.1) is 23.5 Å². The van der Waals surface area contributed by atoms with Crippen LogP contribution in [-0.2, 0) is 14.2 Å². The second-order valence-electron chi connectivity index (χ2n) is 19.2. The fourth-order valence-corrected chi connectivity index (χ4v) is 12.6. The van der Waals surface area contributed by atoms with Gasteiger partial charge in [0, 0.05) is 42.3 Å². The monoisotopic (exact) mass is 906 g/mol. The van der Waals surface area contributed by atoms with Gasteiger partial charge in [-0.25, -0.2) is 4.79 Å². The van der Waals surface area contributed by atoms with Crippen molar-refractivity contribution in [2.75, 3.05) is 39.3 Å². The maximum Gasteiger partial charge on any atom is 0.410 e. The molecule has 0 atom stereocenters. The summed E-state index contributed by atoms with van der Waals surface area (Å²) in [6.07, 6.45) is 2.35. The molecule has 6 aromatic rings. The predicted molar refractivity (Wildman–Crippen MR) is 277 cm³/mol. The molecule has 6 aromatic carbocycles. The summed E-state index contributed by atoms with van der Waals surface area (Å²) in [5.41, 5.74) is 6.60. The van der Waals surface area contributed by atoms with E-state index < -0.39 is 19.8 Å². The van der Waals surface area contributed by atoms with E-state index in [2.05, 4.69) is 215 Å². The number of hydrogen-bond acceptors (Lipinski definition) is 6. The Labute approximate surface area is 399 Å². The number of rotatable bonds is 22. The molecule has 0 saturated carbocycles. The van der Waals surface area contributed by atoms with Crippen molar-refractivity contribution in [3.05, 3.63) is 215 Å². The zero-order chi connectivity index (χ0) is 46.4. The number of nitrogens with zero attached hydrogens (tertiary/aromatic N) is 2. The molecule has 0 fully saturated rings. The molecule has 1 amide bonds. The molecular formula is C58H70N2O3S2. The highest BCUT2D eigenvalue weighted by Gasteiger charge is 2.45. The molecule has 0 aromatic heterocycles. The van der Waals surface area contributed by atoms with Crippen LogP contribution in [0.15, 0.2) is 182 Å². The van der Waals surface area contributed by atoms with Crippen molar-refractivity contribution in [2.24, 2.45) is 0 Å². The molecule has 0 bridgehead atoms. The third-order valence-electron chi connectivity index (χ3n) is 11.6. The SMILES string of the molecule is CC(C)(C)OC(=O)N(CCN(CCCCCO)CC(C)(C)SC(c1ccccc1)(c1ccccc1)c1ccccc1)CC(C)(C)SC(c1ccccc1)(c1ccccc1)c1ccccc1. The van der Waals surface area contributed by atoms with Gasteiger partial charge in [-0.3, -0.25) is 0 Å². The lowest BCUT2D eigenvalue weighted by Crippen LogP contribution is -2.49. The fraction of sp³-hybridized carbons (Fsp3) is 0.362. The van der Waals surface area contributed by atoms with Crippen LogP contribution in [0.1, 0.15) is 101 Å². The van der Waals surface area contributed by atoms with E-state index in [0.717, 1.165) is 32.4 Å². The summed E-state index contributed by atoms with van der Waals surface area (Å²) in [6.45, 7) is 18.5. The standard InChI is InChI=1S/C58H70N2O3S2/c1-54(2,3)63-53(62)60(46-56(6,7)65-58(50-35-21-11-22-36-50,51-37-23-12-24-38-51)52-39-25-13-26-40-52)43-42-59(41-27-14-28-44-61)45-55(4,5)64-57(47-29-15-8-16-30-47,48-31-17-9-18-32-48)49-33-19-10-20-34-49/h8-13,15-26,29-40,61H,14,27-28,41-46H2,1-7H3. The van der Waals surface area contributed by atoms with E-state index in [9.17, 15) is 9.90 Å². The largest absolute Gasteiger partial charge is 0.444 e. The summed E-state index contributed by atoms with van der Waals surface area (Å²) < 4.78 is 4.47. The van der Waals surface area contributed by atoms with Gasteiger partial charge in [0.15, 0.2) is 0 Å². The number of unbranched alkanes of at least 4 members (excludes halogenated alkanes) is 2. The second kappa shape index (κ2) is 22.6. The third-order valence-corrected chi connectivity index (χ3v) is 15.0. The number of carbonyl (C=O) groups is 1. The summed E-state index contributed by atoms with van der Waals surface area (Å²) in [6, 6.07) is 65.0. The molecule has 0 radical (unpaired) electrons. The van der Waals surface area contributed by atoms with E-state index in [4.69, 9.17) is 4.74 Å². The average Bonchev–Trinajstić information content (AvgIpc) is 3.31. The van der Waals surface area contributed by atoms with Crippen molar-refractivity contribution in [3.63, 3.8) is 0 Å². The minimum Gasteiger partial charge on any atom is -0.444 e. The number of aliphatic hydroxyl groups excluding tert-OH is 1. The van der Waals surface area contributed by atoms with Gasteiger partial charge < -0.3 is 19.6 Å². The molecular weight excluding hydrogens is 837 g/mol. The summed E-state index contributed by atoms with van der Waals surface area (Å²) in [5.74, 6) is 0. The molecule has 0 spiro atoms. The van der Waals surface area contributed by atoms with Crippen LogP contribution in [0.5, 0.6) is 0 Å². The minimum atomic E-state index is -0.660. The van der Waals surface area contributed by atoms with Crippen molar-refractivity contribution in [3.8, 4) is 0 Å². The summed E-state index contributed by atoms with van der Waals surface area (Å²) >= 11 is 3.89. The average molecular weight is 907 g/mol. The normalized spacial score (nSPS) is 12.6. The van der Waals surface area contributed by atoms with Crippen LogP contribution in [0.4, 0.5) is 4.79 Å². The summed E-state index contributed by atoms with van der Waals surface area (Å²) in [7, 11) is 0. The highest BCUT2D eigenvalue weighted by Crippen LogP contribution is 2.55. The van der Waals surface area contributed by atoms with E-state index in [1.54, 1.807) is 0 Å². The number of aliphatic hydroxyl groups is 1.